The lowest BCUT2D eigenvalue weighted by Crippen LogP contribution is -2.27. The minimum Gasteiger partial charge on any atom is -0.493 e. The number of ether oxygens (including phenoxy) is 2. The zero-order valence-electron chi connectivity index (χ0n) is 12.7. The summed E-state index contributed by atoms with van der Waals surface area (Å²) in [6, 6.07) is 7.84. The van der Waals surface area contributed by atoms with Crippen LogP contribution in [0.25, 0.3) is 0 Å². The Kier molecular flexibility index (Phi) is 4.08. The molecule has 0 saturated heterocycles. The highest BCUT2D eigenvalue weighted by atomic mass is 16.5. The molecule has 0 aromatic heterocycles. The molecule has 1 atom stereocenters. The maximum absolute atomic E-state index is 9.44. The van der Waals surface area contributed by atoms with E-state index < -0.39 is 0 Å². The lowest BCUT2D eigenvalue weighted by atomic mass is 9.85. The van der Waals surface area contributed by atoms with Gasteiger partial charge in [-0.15, -0.1) is 0 Å². The maximum atomic E-state index is 9.44. The van der Waals surface area contributed by atoms with Crippen LogP contribution in [0.2, 0.25) is 0 Å². The molecule has 110 valence electrons. The summed E-state index contributed by atoms with van der Waals surface area (Å²) in [5.74, 6) is 0.999. The van der Waals surface area contributed by atoms with Crippen LogP contribution >= 0.6 is 0 Å². The van der Waals surface area contributed by atoms with Crippen LogP contribution in [0.3, 0.4) is 0 Å². The summed E-state index contributed by atoms with van der Waals surface area (Å²) in [6.07, 6.45) is 0. The third-order valence-electron chi connectivity index (χ3n) is 3.67. The summed E-state index contributed by atoms with van der Waals surface area (Å²) < 4.78 is 10.6. The molecule has 1 aromatic carbocycles. The molecule has 0 aliphatic carbocycles. The van der Waals surface area contributed by atoms with Gasteiger partial charge in [-0.05, 0) is 31.5 Å². The Morgan fingerprint density at radius 3 is 2.38 bits per heavy atom. The van der Waals surface area contributed by atoms with Crippen molar-refractivity contribution in [1.82, 2.24) is 5.32 Å². The van der Waals surface area contributed by atoms with Gasteiger partial charge in [0.05, 0.1) is 31.8 Å². The second kappa shape index (κ2) is 5.80. The molecule has 1 heterocycles. The smallest absolute Gasteiger partial charge is 0.161 e. The van der Waals surface area contributed by atoms with Gasteiger partial charge in [0.2, 0.25) is 0 Å². The third-order valence-corrected chi connectivity index (χ3v) is 3.67. The van der Waals surface area contributed by atoms with Crippen LogP contribution in [0.15, 0.2) is 40.9 Å². The molecule has 0 radical (unpaired) electrons. The monoisotopic (exact) mass is 285 g/mol. The first-order valence-corrected chi connectivity index (χ1v) is 6.59. The molecule has 0 saturated carbocycles. The van der Waals surface area contributed by atoms with Crippen molar-refractivity contribution in [2.75, 3.05) is 14.2 Å². The normalized spacial score (nSPS) is 18.1. The van der Waals surface area contributed by atoms with Crippen LogP contribution in [-0.4, -0.2) is 14.2 Å². The topological polar surface area (TPSA) is 80.3 Å². The molecule has 3 N–H and O–H groups in total. The highest BCUT2D eigenvalue weighted by Crippen LogP contribution is 2.38. The summed E-state index contributed by atoms with van der Waals surface area (Å²) in [6.45, 7) is 3.78. The second-order valence-electron chi connectivity index (χ2n) is 4.90. The van der Waals surface area contributed by atoms with Crippen molar-refractivity contribution < 1.29 is 9.47 Å². The first kappa shape index (κ1) is 14.8. The van der Waals surface area contributed by atoms with E-state index in [-0.39, 0.29) is 5.92 Å². The van der Waals surface area contributed by atoms with E-state index in [1.807, 2.05) is 32.0 Å². The summed E-state index contributed by atoms with van der Waals surface area (Å²) in [4.78, 5) is 0. The lowest BCUT2D eigenvalue weighted by molar-refractivity contribution is 0.354. The van der Waals surface area contributed by atoms with E-state index in [1.165, 1.54) is 0 Å². The van der Waals surface area contributed by atoms with E-state index >= 15 is 0 Å². The molecule has 2 rings (SSSR count). The Morgan fingerprint density at radius 1 is 1.14 bits per heavy atom. The van der Waals surface area contributed by atoms with Gasteiger partial charge in [-0.1, -0.05) is 6.07 Å². The molecule has 0 amide bonds. The minimum absolute atomic E-state index is 0.268. The molecular weight excluding hydrogens is 266 g/mol. The number of rotatable bonds is 3. The van der Waals surface area contributed by atoms with Crippen LogP contribution in [-0.2, 0) is 0 Å². The van der Waals surface area contributed by atoms with Gasteiger partial charge in [-0.25, -0.2) is 0 Å². The van der Waals surface area contributed by atoms with Gasteiger partial charge in [-0.3, -0.25) is 0 Å². The number of benzene rings is 1. The summed E-state index contributed by atoms with van der Waals surface area (Å²) >= 11 is 0. The Bertz CT molecular complexity index is 669. The zero-order chi connectivity index (χ0) is 15.6. The van der Waals surface area contributed by atoms with Gasteiger partial charge in [0, 0.05) is 17.1 Å². The first-order chi connectivity index (χ1) is 10.0. The number of hydrogen-bond donors (Lipinski definition) is 2. The predicted molar refractivity (Wildman–Crippen MR) is 80.6 cm³/mol. The fourth-order valence-corrected chi connectivity index (χ4v) is 2.54. The van der Waals surface area contributed by atoms with E-state index in [0.29, 0.717) is 22.8 Å². The third kappa shape index (κ3) is 2.52. The van der Waals surface area contributed by atoms with Crippen molar-refractivity contribution in [3.8, 4) is 17.6 Å². The summed E-state index contributed by atoms with van der Waals surface area (Å²) in [7, 11) is 3.17. The van der Waals surface area contributed by atoms with Crippen molar-refractivity contribution in [3.63, 3.8) is 0 Å². The van der Waals surface area contributed by atoms with Crippen molar-refractivity contribution in [2.24, 2.45) is 5.73 Å². The summed E-state index contributed by atoms with van der Waals surface area (Å²) in [5, 5.41) is 12.6. The van der Waals surface area contributed by atoms with Crippen molar-refractivity contribution in [2.45, 2.75) is 19.8 Å². The molecular formula is C16H19N3O2. The number of allylic oxidation sites excluding steroid dienone is 3. The molecule has 1 aliphatic heterocycles. The van der Waals surface area contributed by atoms with E-state index in [4.69, 9.17) is 15.2 Å². The van der Waals surface area contributed by atoms with Crippen LogP contribution in [0.1, 0.15) is 25.3 Å². The van der Waals surface area contributed by atoms with Gasteiger partial charge in [-0.2, -0.15) is 5.26 Å². The SMILES string of the molecule is COc1ccc(C2C(N)=C(C)NC(C)=C2C#N)cc1OC. The fraction of sp³-hybridized carbons (Fsp3) is 0.312. The van der Waals surface area contributed by atoms with E-state index in [1.54, 1.807) is 14.2 Å². The van der Waals surface area contributed by atoms with Crippen molar-refractivity contribution in [1.29, 1.82) is 5.26 Å². The van der Waals surface area contributed by atoms with Gasteiger partial charge in [0.25, 0.3) is 0 Å². The van der Waals surface area contributed by atoms with E-state index in [2.05, 4.69) is 11.4 Å². The molecule has 1 aliphatic rings. The summed E-state index contributed by atoms with van der Waals surface area (Å²) in [5.41, 5.74) is 10.1. The fourth-order valence-electron chi connectivity index (χ4n) is 2.54. The molecule has 1 aromatic rings. The predicted octanol–water partition coefficient (Wildman–Crippen LogP) is 2.38. The van der Waals surface area contributed by atoms with Gasteiger partial charge >= 0.3 is 0 Å². The van der Waals surface area contributed by atoms with E-state index in [0.717, 1.165) is 17.0 Å². The van der Waals surface area contributed by atoms with Gasteiger partial charge in [0.15, 0.2) is 11.5 Å². The number of methoxy groups -OCH3 is 2. The molecule has 5 nitrogen and oxygen atoms in total. The molecule has 5 heteroatoms. The van der Waals surface area contributed by atoms with Crippen LogP contribution in [0.4, 0.5) is 0 Å². The molecule has 0 spiro atoms. The van der Waals surface area contributed by atoms with Crippen molar-refractivity contribution >= 4 is 0 Å². The van der Waals surface area contributed by atoms with Crippen LogP contribution in [0, 0.1) is 11.3 Å². The highest BCUT2D eigenvalue weighted by molar-refractivity contribution is 5.53. The molecule has 1 unspecified atom stereocenters. The van der Waals surface area contributed by atoms with Gasteiger partial charge < -0.3 is 20.5 Å². The zero-order valence-corrected chi connectivity index (χ0v) is 12.7. The quantitative estimate of drug-likeness (QED) is 0.891. The van der Waals surface area contributed by atoms with E-state index in [9.17, 15) is 5.26 Å². The molecule has 0 bridgehead atoms. The maximum Gasteiger partial charge on any atom is 0.161 e. The van der Waals surface area contributed by atoms with Crippen LogP contribution < -0.4 is 20.5 Å². The number of dihydropyridines is 1. The Labute approximate surface area is 124 Å². The largest absolute Gasteiger partial charge is 0.493 e. The number of nitriles is 1. The Morgan fingerprint density at radius 2 is 1.81 bits per heavy atom. The van der Waals surface area contributed by atoms with Crippen molar-refractivity contribution in [3.05, 3.63) is 46.4 Å². The minimum atomic E-state index is -0.268. The number of nitrogens with zero attached hydrogens (tertiary/aromatic N) is 1. The Hall–Kier alpha value is -2.61. The molecule has 21 heavy (non-hydrogen) atoms. The second-order valence-corrected chi connectivity index (χ2v) is 4.90. The Balaban J connectivity index is 2.58. The van der Waals surface area contributed by atoms with Gasteiger partial charge in [0.1, 0.15) is 0 Å². The number of nitrogens with one attached hydrogen (secondary N) is 1. The highest BCUT2D eigenvalue weighted by Gasteiger charge is 2.28. The molecule has 0 fully saturated rings. The number of hydrogen-bond acceptors (Lipinski definition) is 5. The lowest BCUT2D eigenvalue weighted by Gasteiger charge is -2.27. The van der Waals surface area contributed by atoms with Crippen LogP contribution in [0.5, 0.6) is 11.5 Å². The average Bonchev–Trinajstić information content (AvgIpc) is 2.49. The average molecular weight is 285 g/mol. The first-order valence-electron chi connectivity index (χ1n) is 6.59. The number of nitrogens with two attached hydrogens (primary N) is 1. The standard InChI is InChI=1S/C16H19N3O2/c1-9-12(8-17)15(16(18)10(2)19-9)11-5-6-13(20-3)14(7-11)21-4/h5-7,15,19H,18H2,1-4H3.